The molecule has 0 aliphatic carbocycles. The number of hydrogen-bond donors (Lipinski definition) is 0. The minimum absolute atomic E-state index is 0.882. The highest BCUT2D eigenvalue weighted by atomic mass is 32.1. The lowest BCUT2D eigenvalue weighted by molar-refractivity contribution is 0.433. The van der Waals surface area contributed by atoms with Crippen LogP contribution in [0.25, 0.3) is 20.2 Å². The molecule has 3 aromatic rings. The van der Waals surface area contributed by atoms with Crippen molar-refractivity contribution in [1.29, 1.82) is 0 Å². The van der Waals surface area contributed by atoms with Gasteiger partial charge in [-0.05, 0) is 82.3 Å². The molecule has 1 aromatic carbocycles. The Morgan fingerprint density at radius 3 is 1.43 bits per heavy atom. The lowest BCUT2D eigenvalue weighted by Gasteiger charge is -2.17. The van der Waals surface area contributed by atoms with Crippen molar-refractivity contribution in [3.63, 3.8) is 0 Å². The van der Waals surface area contributed by atoms with Crippen LogP contribution in [-0.2, 0) is 12.8 Å². The Labute approximate surface area is 180 Å². The van der Waals surface area contributed by atoms with E-state index in [9.17, 15) is 0 Å². The number of hydrogen-bond acceptors (Lipinski definition) is 2. The van der Waals surface area contributed by atoms with Gasteiger partial charge < -0.3 is 0 Å². The Morgan fingerprint density at radius 1 is 0.643 bits per heavy atom. The van der Waals surface area contributed by atoms with Gasteiger partial charge in [0.25, 0.3) is 0 Å². The van der Waals surface area contributed by atoms with E-state index in [1.54, 1.807) is 31.3 Å². The zero-order chi connectivity index (χ0) is 19.9. The quantitative estimate of drug-likeness (QED) is 0.277. The molecule has 2 aromatic heterocycles. The molecular weight excluding hydrogens is 376 g/mol. The average Bonchev–Trinajstić information content (AvgIpc) is 3.38. The van der Waals surface area contributed by atoms with Gasteiger partial charge in [-0.15, -0.1) is 22.7 Å². The van der Waals surface area contributed by atoms with Crippen molar-refractivity contribution in [1.82, 2.24) is 0 Å². The molecule has 0 saturated heterocycles. The third-order valence-electron chi connectivity index (χ3n) is 6.68. The van der Waals surface area contributed by atoms with Crippen LogP contribution in [0.4, 0.5) is 0 Å². The molecule has 0 amide bonds. The first-order valence-corrected chi connectivity index (χ1v) is 13.4. The molecule has 3 rings (SSSR count). The third-order valence-corrected chi connectivity index (χ3v) is 8.63. The number of rotatable bonds is 12. The number of benzene rings is 1. The van der Waals surface area contributed by atoms with E-state index in [1.807, 2.05) is 22.7 Å². The Morgan fingerprint density at radius 2 is 1.07 bits per heavy atom. The van der Waals surface area contributed by atoms with Crippen LogP contribution in [0.3, 0.4) is 0 Å². The van der Waals surface area contributed by atoms with Gasteiger partial charge in [0.1, 0.15) is 0 Å². The molecule has 0 aliphatic rings. The van der Waals surface area contributed by atoms with E-state index >= 15 is 0 Å². The standard InChI is InChI=1S/C26H38S2/c1-5-9-19(7-3)11-13-21-23-15-17-28-26(23)22(24-16-18-27-25(21)24)14-12-20(8-4)10-6-2/h15-20H,5-14H2,1-4H3. The SMILES string of the molecule is CCCC(CC)CCc1c2ccsc2c(CCC(CC)CCC)c2ccsc12. The van der Waals surface area contributed by atoms with Crippen molar-refractivity contribution < 1.29 is 0 Å². The van der Waals surface area contributed by atoms with Crippen molar-refractivity contribution in [2.75, 3.05) is 0 Å². The summed E-state index contributed by atoms with van der Waals surface area (Å²) >= 11 is 3.95. The molecule has 2 atom stereocenters. The summed E-state index contributed by atoms with van der Waals surface area (Å²) in [4.78, 5) is 0. The maximum absolute atomic E-state index is 2.40. The van der Waals surface area contributed by atoms with E-state index in [2.05, 4.69) is 50.6 Å². The lowest BCUT2D eigenvalue weighted by Crippen LogP contribution is -2.03. The highest BCUT2D eigenvalue weighted by Gasteiger charge is 2.18. The monoisotopic (exact) mass is 414 g/mol. The number of aryl methyl sites for hydroxylation is 2. The summed E-state index contributed by atoms with van der Waals surface area (Å²) in [5.74, 6) is 1.76. The maximum atomic E-state index is 2.40. The molecule has 0 bridgehead atoms. The second-order valence-corrected chi connectivity index (χ2v) is 10.3. The molecule has 2 heteroatoms. The molecule has 0 spiro atoms. The predicted octanol–water partition coefficient (Wildman–Crippen LogP) is 9.63. The summed E-state index contributed by atoms with van der Waals surface area (Å²) in [6.45, 7) is 9.39. The minimum atomic E-state index is 0.882. The van der Waals surface area contributed by atoms with Crippen LogP contribution in [0, 0.1) is 11.8 Å². The Balaban J connectivity index is 1.92. The van der Waals surface area contributed by atoms with Crippen molar-refractivity contribution >= 4 is 42.8 Å². The fourth-order valence-corrected chi connectivity index (χ4v) is 6.95. The fourth-order valence-electron chi connectivity index (χ4n) is 4.92. The maximum Gasteiger partial charge on any atom is 0.0384 e. The van der Waals surface area contributed by atoms with Crippen LogP contribution in [0.1, 0.15) is 90.2 Å². The van der Waals surface area contributed by atoms with Crippen molar-refractivity contribution in [3.05, 3.63) is 34.0 Å². The van der Waals surface area contributed by atoms with E-state index in [1.165, 1.54) is 64.2 Å². The predicted molar refractivity (Wildman–Crippen MR) is 131 cm³/mol. The smallest absolute Gasteiger partial charge is 0.0384 e. The highest BCUT2D eigenvalue weighted by molar-refractivity contribution is 7.19. The molecule has 0 saturated carbocycles. The van der Waals surface area contributed by atoms with Crippen molar-refractivity contribution in [2.24, 2.45) is 11.8 Å². The summed E-state index contributed by atoms with van der Waals surface area (Å²) in [5, 5.41) is 7.77. The Hall–Kier alpha value is -0.860. The number of thiophene rings is 2. The molecule has 0 N–H and O–H groups in total. The Kier molecular flexibility index (Phi) is 8.41. The second kappa shape index (κ2) is 10.8. The first-order valence-electron chi connectivity index (χ1n) is 11.6. The first kappa shape index (κ1) is 21.8. The van der Waals surface area contributed by atoms with E-state index in [0.717, 1.165) is 11.8 Å². The summed E-state index contributed by atoms with van der Waals surface area (Å²) in [6.07, 6.45) is 13.2. The van der Waals surface area contributed by atoms with Gasteiger partial charge in [0, 0.05) is 9.40 Å². The summed E-state index contributed by atoms with van der Waals surface area (Å²) < 4.78 is 3.16. The number of fused-ring (bicyclic) bond motifs is 2. The summed E-state index contributed by atoms with van der Waals surface area (Å²) in [6, 6.07) is 4.81. The molecule has 154 valence electrons. The van der Waals surface area contributed by atoms with Crippen LogP contribution in [0.5, 0.6) is 0 Å². The first-order chi connectivity index (χ1) is 13.7. The molecule has 0 nitrogen and oxygen atoms in total. The van der Waals surface area contributed by atoms with Crippen LogP contribution >= 0.6 is 22.7 Å². The molecule has 28 heavy (non-hydrogen) atoms. The van der Waals surface area contributed by atoms with E-state index < -0.39 is 0 Å². The van der Waals surface area contributed by atoms with Gasteiger partial charge in [0.2, 0.25) is 0 Å². The molecule has 0 fully saturated rings. The van der Waals surface area contributed by atoms with E-state index in [-0.39, 0.29) is 0 Å². The van der Waals surface area contributed by atoms with Crippen molar-refractivity contribution in [2.45, 2.75) is 91.9 Å². The Bertz CT molecular complexity index is 735. The topological polar surface area (TPSA) is 0 Å². The highest BCUT2D eigenvalue weighted by Crippen LogP contribution is 2.41. The van der Waals surface area contributed by atoms with Crippen LogP contribution in [0.15, 0.2) is 22.9 Å². The zero-order valence-corrected chi connectivity index (χ0v) is 20.0. The molecule has 0 aliphatic heterocycles. The van der Waals surface area contributed by atoms with Gasteiger partial charge in [-0.25, -0.2) is 0 Å². The molecule has 0 radical (unpaired) electrons. The summed E-state index contributed by atoms with van der Waals surface area (Å²) in [7, 11) is 0. The lowest BCUT2D eigenvalue weighted by atomic mass is 9.89. The van der Waals surface area contributed by atoms with Gasteiger partial charge in [0.05, 0.1) is 0 Å². The van der Waals surface area contributed by atoms with Gasteiger partial charge >= 0.3 is 0 Å². The van der Waals surface area contributed by atoms with Gasteiger partial charge in [0.15, 0.2) is 0 Å². The van der Waals surface area contributed by atoms with E-state index in [4.69, 9.17) is 0 Å². The normalized spacial score (nSPS) is 14.1. The zero-order valence-electron chi connectivity index (χ0n) is 18.4. The van der Waals surface area contributed by atoms with Gasteiger partial charge in [-0.3, -0.25) is 0 Å². The van der Waals surface area contributed by atoms with Gasteiger partial charge in [-0.2, -0.15) is 0 Å². The average molecular weight is 415 g/mol. The van der Waals surface area contributed by atoms with Crippen LogP contribution in [-0.4, -0.2) is 0 Å². The minimum Gasteiger partial charge on any atom is -0.143 e. The second-order valence-electron chi connectivity index (χ2n) is 8.49. The largest absolute Gasteiger partial charge is 0.143 e. The molecule has 2 heterocycles. The van der Waals surface area contributed by atoms with Crippen LogP contribution < -0.4 is 0 Å². The molecular formula is C26H38S2. The molecule has 2 unspecified atom stereocenters. The van der Waals surface area contributed by atoms with Gasteiger partial charge in [-0.1, -0.05) is 66.2 Å². The van der Waals surface area contributed by atoms with Crippen LogP contribution in [0.2, 0.25) is 0 Å². The fraction of sp³-hybridized carbons (Fsp3) is 0.615. The summed E-state index contributed by atoms with van der Waals surface area (Å²) in [5.41, 5.74) is 3.28. The van der Waals surface area contributed by atoms with E-state index in [0.29, 0.717) is 0 Å². The third kappa shape index (κ3) is 4.82. The van der Waals surface area contributed by atoms with Crippen molar-refractivity contribution in [3.8, 4) is 0 Å².